The Kier molecular flexibility index (Phi) is 8.79. The summed E-state index contributed by atoms with van der Waals surface area (Å²) in [4.78, 5) is 23.9. The van der Waals surface area contributed by atoms with Gasteiger partial charge in [-0.15, -0.1) is 0 Å². The number of aromatic nitrogens is 1. The van der Waals surface area contributed by atoms with Crippen molar-refractivity contribution < 1.29 is 9.18 Å². The minimum atomic E-state index is -0.465. The standard InChI is InChI=1S/C29H32Cl2FN5O/c30-24-5-1-21(2-6-24)18-34-29(38)23-17-27(32)28(33-19-23)37-15-13-36(14-16-37)26-9-11-35(12-10-26)20-22-3-7-25(31)8-4-22/h1-8,17,19,26H,9-16,18,20H2,(H,34,38). The second-order valence-electron chi connectivity index (χ2n) is 10.00. The number of rotatable bonds is 7. The van der Waals surface area contributed by atoms with E-state index in [1.807, 2.05) is 29.2 Å². The smallest absolute Gasteiger partial charge is 0.253 e. The summed E-state index contributed by atoms with van der Waals surface area (Å²) in [6.45, 7) is 6.64. The SMILES string of the molecule is O=C(NCc1ccc(Cl)cc1)c1cnc(N2CCN(C3CCN(Cc4ccc(Cl)cc4)CC3)CC2)c(F)c1. The molecule has 2 saturated heterocycles. The molecule has 0 unspecified atom stereocenters. The number of nitrogens with one attached hydrogen (secondary N) is 1. The Labute approximate surface area is 233 Å². The van der Waals surface area contributed by atoms with Gasteiger partial charge in [-0.3, -0.25) is 14.6 Å². The largest absolute Gasteiger partial charge is 0.352 e. The number of nitrogens with zero attached hydrogens (tertiary/aromatic N) is 4. The van der Waals surface area contributed by atoms with Gasteiger partial charge < -0.3 is 10.2 Å². The minimum absolute atomic E-state index is 0.212. The van der Waals surface area contributed by atoms with E-state index in [1.165, 1.54) is 17.8 Å². The number of carbonyl (C=O) groups is 1. The van der Waals surface area contributed by atoms with Crippen molar-refractivity contribution in [3.8, 4) is 0 Å². The molecular formula is C29H32Cl2FN5O. The lowest BCUT2D eigenvalue weighted by Gasteiger charge is -2.43. The zero-order chi connectivity index (χ0) is 26.5. The third kappa shape index (κ3) is 6.83. The van der Waals surface area contributed by atoms with Gasteiger partial charge in [0.1, 0.15) is 0 Å². The van der Waals surface area contributed by atoms with Gasteiger partial charge in [-0.25, -0.2) is 9.37 Å². The lowest BCUT2D eigenvalue weighted by atomic mass is 10.0. The molecule has 3 heterocycles. The predicted molar refractivity (Wildman–Crippen MR) is 150 cm³/mol. The molecule has 200 valence electrons. The van der Waals surface area contributed by atoms with E-state index >= 15 is 0 Å². The van der Waals surface area contributed by atoms with Gasteiger partial charge in [0.05, 0.1) is 5.56 Å². The Balaban J connectivity index is 1.08. The zero-order valence-electron chi connectivity index (χ0n) is 21.3. The monoisotopic (exact) mass is 555 g/mol. The van der Waals surface area contributed by atoms with Crippen molar-refractivity contribution in [1.82, 2.24) is 20.1 Å². The molecule has 0 spiro atoms. The molecule has 0 aliphatic carbocycles. The number of amides is 1. The molecule has 38 heavy (non-hydrogen) atoms. The molecule has 1 aromatic heterocycles. The molecule has 9 heteroatoms. The fourth-order valence-corrected chi connectivity index (χ4v) is 5.52. The average molecular weight is 557 g/mol. The van der Waals surface area contributed by atoms with Crippen LogP contribution in [0.15, 0.2) is 60.8 Å². The highest BCUT2D eigenvalue weighted by atomic mass is 35.5. The van der Waals surface area contributed by atoms with Gasteiger partial charge in [0.2, 0.25) is 0 Å². The van der Waals surface area contributed by atoms with E-state index in [0.29, 0.717) is 23.4 Å². The number of anilines is 1. The van der Waals surface area contributed by atoms with Crippen LogP contribution in [0.4, 0.5) is 10.2 Å². The molecule has 1 amide bonds. The Morgan fingerprint density at radius 2 is 1.50 bits per heavy atom. The first kappa shape index (κ1) is 26.9. The molecule has 6 nitrogen and oxygen atoms in total. The maximum atomic E-state index is 15.0. The van der Waals surface area contributed by atoms with Gasteiger partial charge in [0.25, 0.3) is 5.91 Å². The summed E-state index contributed by atoms with van der Waals surface area (Å²) in [5, 5.41) is 4.21. The number of hydrogen-bond donors (Lipinski definition) is 1. The molecule has 5 rings (SSSR count). The molecule has 0 atom stereocenters. The predicted octanol–water partition coefficient (Wildman–Crippen LogP) is 5.24. The maximum Gasteiger partial charge on any atom is 0.253 e. The van der Waals surface area contributed by atoms with Crippen LogP contribution in [0.5, 0.6) is 0 Å². The lowest BCUT2D eigenvalue weighted by Crippen LogP contribution is -2.53. The Morgan fingerprint density at radius 3 is 2.11 bits per heavy atom. The van der Waals surface area contributed by atoms with Gasteiger partial charge in [-0.2, -0.15) is 0 Å². The van der Waals surface area contributed by atoms with Crippen molar-refractivity contribution in [3.63, 3.8) is 0 Å². The number of carbonyl (C=O) groups excluding carboxylic acids is 1. The number of piperidine rings is 1. The first-order valence-electron chi connectivity index (χ1n) is 13.1. The third-order valence-corrected chi connectivity index (χ3v) is 7.96. The molecular weight excluding hydrogens is 524 g/mol. The molecule has 2 aromatic carbocycles. The average Bonchev–Trinajstić information content (AvgIpc) is 2.94. The summed E-state index contributed by atoms with van der Waals surface area (Å²) >= 11 is 11.9. The molecule has 2 aliphatic rings. The summed E-state index contributed by atoms with van der Waals surface area (Å²) in [6, 6.07) is 17.2. The number of piperazine rings is 1. The summed E-state index contributed by atoms with van der Waals surface area (Å²) in [5.41, 5.74) is 2.42. The van der Waals surface area contributed by atoms with E-state index in [1.54, 1.807) is 12.1 Å². The molecule has 1 N–H and O–H groups in total. The van der Waals surface area contributed by atoms with Crippen LogP contribution in [-0.2, 0) is 13.1 Å². The molecule has 3 aromatic rings. The van der Waals surface area contributed by atoms with E-state index in [9.17, 15) is 9.18 Å². The van der Waals surface area contributed by atoms with Crippen molar-refractivity contribution >= 4 is 34.9 Å². The van der Waals surface area contributed by atoms with E-state index in [-0.39, 0.29) is 11.5 Å². The highest BCUT2D eigenvalue weighted by molar-refractivity contribution is 6.30. The van der Waals surface area contributed by atoms with Crippen LogP contribution < -0.4 is 10.2 Å². The lowest BCUT2D eigenvalue weighted by molar-refractivity contribution is 0.0949. The Bertz CT molecular complexity index is 1220. The van der Waals surface area contributed by atoms with Crippen molar-refractivity contribution in [2.75, 3.05) is 44.2 Å². The highest BCUT2D eigenvalue weighted by Crippen LogP contribution is 2.24. The zero-order valence-corrected chi connectivity index (χ0v) is 22.8. The van der Waals surface area contributed by atoms with Crippen molar-refractivity contribution in [3.05, 3.63) is 93.3 Å². The van der Waals surface area contributed by atoms with Gasteiger partial charge in [-0.05, 0) is 67.4 Å². The van der Waals surface area contributed by atoms with Gasteiger partial charge in [0, 0.05) is 61.6 Å². The van der Waals surface area contributed by atoms with Crippen LogP contribution in [0.2, 0.25) is 10.0 Å². The Hall–Kier alpha value is -2.71. The first-order chi connectivity index (χ1) is 18.4. The summed E-state index contributed by atoms with van der Waals surface area (Å²) in [7, 11) is 0. The van der Waals surface area contributed by atoms with E-state index in [2.05, 4.69) is 32.2 Å². The minimum Gasteiger partial charge on any atom is -0.352 e. The quantitative estimate of drug-likeness (QED) is 0.431. The molecule has 0 bridgehead atoms. The van der Waals surface area contributed by atoms with Gasteiger partial charge in [0.15, 0.2) is 11.6 Å². The number of benzene rings is 2. The second kappa shape index (κ2) is 12.4. The van der Waals surface area contributed by atoms with Crippen LogP contribution >= 0.6 is 23.2 Å². The highest BCUT2D eigenvalue weighted by Gasteiger charge is 2.29. The van der Waals surface area contributed by atoms with Crippen molar-refractivity contribution in [2.24, 2.45) is 0 Å². The van der Waals surface area contributed by atoms with Crippen LogP contribution in [0, 0.1) is 5.82 Å². The summed E-state index contributed by atoms with van der Waals surface area (Å²) in [5.74, 6) is -0.505. The van der Waals surface area contributed by atoms with Crippen LogP contribution in [0.25, 0.3) is 0 Å². The number of halogens is 3. The van der Waals surface area contributed by atoms with Crippen LogP contribution in [0.1, 0.15) is 34.3 Å². The fraction of sp³-hybridized carbons (Fsp3) is 0.379. The van der Waals surface area contributed by atoms with E-state index in [0.717, 1.165) is 69.2 Å². The van der Waals surface area contributed by atoms with E-state index < -0.39 is 5.82 Å². The topological polar surface area (TPSA) is 51.7 Å². The number of likely N-dealkylation sites (tertiary alicyclic amines) is 1. The molecule has 2 fully saturated rings. The van der Waals surface area contributed by atoms with Gasteiger partial charge >= 0.3 is 0 Å². The third-order valence-electron chi connectivity index (χ3n) is 7.46. The summed E-state index contributed by atoms with van der Waals surface area (Å²) in [6.07, 6.45) is 3.73. The summed E-state index contributed by atoms with van der Waals surface area (Å²) < 4.78 is 15.0. The number of pyridine rings is 1. The van der Waals surface area contributed by atoms with Crippen LogP contribution in [0.3, 0.4) is 0 Å². The molecule has 0 saturated carbocycles. The molecule has 2 aliphatic heterocycles. The van der Waals surface area contributed by atoms with Crippen LogP contribution in [-0.4, -0.2) is 66.0 Å². The Morgan fingerprint density at radius 1 is 0.895 bits per heavy atom. The maximum absolute atomic E-state index is 15.0. The molecule has 0 radical (unpaired) electrons. The first-order valence-corrected chi connectivity index (χ1v) is 13.8. The van der Waals surface area contributed by atoms with Gasteiger partial charge in [-0.1, -0.05) is 47.5 Å². The van der Waals surface area contributed by atoms with E-state index in [4.69, 9.17) is 23.2 Å². The van der Waals surface area contributed by atoms with Crippen molar-refractivity contribution in [2.45, 2.75) is 32.0 Å². The fourth-order valence-electron chi connectivity index (χ4n) is 5.26. The number of hydrogen-bond acceptors (Lipinski definition) is 5. The second-order valence-corrected chi connectivity index (χ2v) is 10.9. The normalized spacial score (nSPS) is 17.5. The van der Waals surface area contributed by atoms with Crippen molar-refractivity contribution in [1.29, 1.82) is 0 Å².